The summed E-state index contributed by atoms with van der Waals surface area (Å²) >= 11 is 0. The zero-order valence-corrected chi connectivity index (χ0v) is 47.1. The van der Waals surface area contributed by atoms with E-state index in [4.69, 9.17) is 42.6 Å². The summed E-state index contributed by atoms with van der Waals surface area (Å²) in [4.78, 5) is 94.7. The molecule has 9 saturated carbocycles. The van der Waals surface area contributed by atoms with Gasteiger partial charge in [-0.3, -0.25) is 14.4 Å². The van der Waals surface area contributed by atoms with Gasteiger partial charge >= 0.3 is 47.8 Å². The zero-order valence-electron chi connectivity index (χ0n) is 47.1. The van der Waals surface area contributed by atoms with Crippen LogP contribution in [0.25, 0.3) is 0 Å². The number of esters is 8. The first kappa shape index (κ1) is 78.8. The van der Waals surface area contributed by atoms with Crippen molar-refractivity contribution in [2.24, 2.45) is 64.6 Å². The normalized spacial score (nSPS) is 27.9. The third kappa shape index (κ3) is 22.0. The van der Waals surface area contributed by atoms with E-state index >= 15 is 0 Å². The van der Waals surface area contributed by atoms with E-state index in [9.17, 15) is 38.4 Å². The predicted molar refractivity (Wildman–Crippen MR) is 314 cm³/mol. The van der Waals surface area contributed by atoms with Crippen LogP contribution in [-0.4, -0.2) is 111 Å². The minimum absolute atomic E-state index is 0. The molecule has 2 atom stereocenters. The molecule has 0 radical (unpaired) electrons. The number of hydrogen-bond acceptors (Lipinski definition) is 17. The summed E-state index contributed by atoms with van der Waals surface area (Å²) < 4.78 is 47.3. The molecule has 0 aliphatic heterocycles. The standard InChI is InChI=1S/C21H32O6.C20H30O6.C17H30O5.6CH4/c1-5-20(2,3)19(24)26-11-17(22)25-12-18(23)27-21(4)15-7-13-6-14(9-15)10-16(21)8-13;1-4-12(2)19(23)25-10-17(21)24-11-18(22)26-20(3)15-6-13-5-14(8-15)9-16(20)7-13;1-4-14(3)16(19)21-12-11-20-13-15(18)22-17(5-2)9-7-6-8-10-17;;;;;;/h13-16H,5-12H2,1-4H3;12-16H,4-11H2,1-3H3;14H,4-13H2,1-3H3;6*1H4. The van der Waals surface area contributed by atoms with Gasteiger partial charge in [0.05, 0.1) is 23.9 Å². The second-order valence-electron chi connectivity index (χ2n) is 24.1. The molecule has 81 heavy (non-hydrogen) atoms. The van der Waals surface area contributed by atoms with Crippen LogP contribution < -0.4 is 0 Å². The van der Waals surface area contributed by atoms with Crippen molar-refractivity contribution in [2.75, 3.05) is 46.2 Å². The molecule has 0 saturated heterocycles. The van der Waals surface area contributed by atoms with Gasteiger partial charge in [-0.15, -0.1) is 0 Å². The molecule has 2 unspecified atom stereocenters. The fourth-order valence-electron chi connectivity index (χ4n) is 13.0. The molecule has 8 bridgehead atoms. The molecule has 0 aromatic rings. The summed E-state index contributed by atoms with van der Waals surface area (Å²) in [6, 6.07) is 0. The summed E-state index contributed by atoms with van der Waals surface area (Å²) in [5.41, 5.74) is -1.80. The molecule has 474 valence electrons. The van der Waals surface area contributed by atoms with Crippen molar-refractivity contribution in [1.29, 1.82) is 0 Å². The summed E-state index contributed by atoms with van der Waals surface area (Å²) in [6.45, 7) is 17.4. The molecule has 0 aromatic heterocycles. The molecule has 0 aromatic carbocycles. The minimum atomic E-state index is -0.734. The van der Waals surface area contributed by atoms with E-state index in [1.54, 1.807) is 20.8 Å². The first-order chi connectivity index (χ1) is 35.5. The molecular weight excluding hydrogens is 1040 g/mol. The van der Waals surface area contributed by atoms with Crippen molar-refractivity contribution in [3.63, 3.8) is 0 Å². The van der Waals surface area contributed by atoms with Crippen molar-refractivity contribution in [3.8, 4) is 0 Å². The number of carbonyl (C=O) groups is 8. The van der Waals surface area contributed by atoms with E-state index in [1.165, 1.54) is 19.3 Å². The first-order valence-electron chi connectivity index (χ1n) is 28.5. The monoisotopic (exact) mass is 1160 g/mol. The van der Waals surface area contributed by atoms with Crippen LogP contribution in [-0.2, 0) is 81.0 Å². The molecule has 0 N–H and O–H groups in total. The van der Waals surface area contributed by atoms with E-state index in [1.807, 2.05) is 34.6 Å². The predicted octanol–water partition coefficient (Wildman–Crippen LogP) is 13.2. The fraction of sp³-hybridized carbons (Fsp3) is 0.875. The van der Waals surface area contributed by atoms with E-state index in [-0.39, 0.29) is 93.8 Å². The molecule has 0 spiro atoms. The van der Waals surface area contributed by atoms with Gasteiger partial charge in [0.2, 0.25) is 0 Å². The Kier molecular flexibility index (Phi) is 34.8. The number of ether oxygens (including phenoxy) is 9. The minimum Gasteiger partial charge on any atom is -0.463 e. The molecule has 9 fully saturated rings. The van der Waals surface area contributed by atoms with Gasteiger partial charge in [0, 0.05) is 0 Å². The Hall–Kier alpha value is -4.28. The molecule has 17 nitrogen and oxygen atoms in total. The van der Waals surface area contributed by atoms with Crippen LogP contribution in [0.5, 0.6) is 0 Å². The van der Waals surface area contributed by atoms with Crippen LogP contribution >= 0.6 is 0 Å². The second-order valence-corrected chi connectivity index (χ2v) is 24.1. The maximum Gasteiger partial charge on any atom is 0.344 e. The van der Waals surface area contributed by atoms with Crippen molar-refractivity contribution >= 4 is 47.8 Å². The second kappa shape index (κ2) is 35.8. The van der Waals surface area contributed by atoms with Crippen molar-refractivity contribution in [2.45, 2.75) is 253 Å². The third-order valence-corrected chi connectivity index (χ3v) is 18.4. The highest BCUT2D eigenvalue weighted by molar-refractivity contribution is 5.82. The maximum absolute atomic E-state index is 12.3. The van der Waals surface area contributed by atoms with Crippen molar-refractivity contribution in [3.05, 3.63) is 0 Å². The average Bonchev–Trinajstić information content (AvgIpc) is 3.45. The van der Waals surface area contributed by atoms with Crippen LogP contribution in [0, 0.1) is 64.6 Å². The molecular formula is C64H116O17. The molecule has 9 rings (SSSR count). The number of hydrogen-bond donors (Lipinski definition) is 0. The van der Waals surface area contributed by atoms with Crippen LogP contribution in [0.4, 0.5) is 0 Å². The number of carbonyl (C=O) groups excluding carboxylic acids is 8. The van der Waals surface area contributed by atoms with Crippen LogP contribution in [0.2, 0.25) is 0 Å². The maximum atomic E-state index is 12.3. The van der Waals surface area contributed by atoms with Crippen LogP contribution in [0.3, 0.4) is 0 Å². The topological polar surface area (TPSA) is 220 Å². The Morgan fingerprint density at radius 3 is 1.17 bits per heavy atom. The van der Waals surface area contributed by atoms with Gasteiger partial charge in [0.1, 0.15) is 30.0 Å². The van der Waals surface area contributed by atoms with E-state index < -0.39 is 78.9 Å². The molecule has 9 aliphatic carbocycles. The van der Waals surface area contributed by atoms with Crippen LogP contribution in [0.15, 0.2) is 0 Å². The quantitative estimate of drug-likeness (QED) is 0.0527. The highest BCUT2D eigenvalue weighted by Crippen LogP contribution is 2.60. The van der Waals surface area contributed by atoms with Gasteiger partial charge in [-0.25, -0.2) is 24.0 Å². The average molecular weight is 1160 g/mol. The fourth-order valence-corrected chi connectivity index (χ4v) is 13.0. The smallest absolute Gasteiger partial charge is 0.344 e. The lowest BCUT2D eigenvalue weighted by Gasteiger charge is -2.59. The Morgan fingerprint density at radius 1 is 0.444 bits per heavy atom. The van der Waals surface area contributed by atoms with E-state index in [2.05, 4.69) is 13.8 Å². The SMILES string of the molecule is C.C.C.C.C.C.CCC(C)(C)C(=O)OCC(=O)OCC(=O)OC1(C)C2CC3CC(C2)CC1C3.CCC(C)C(=O)OCC(=O)OCC(=O)OC1(C)C2CC3CC(C2)CC1C3.CCC(C)C(=O)OCCOCC(=O)OC1(CC)CCCCC1. The summed E-state index contributed by atoms with van der Waals surface area (Å²) in [5, 5.41) is 0. The van der Waals surface area contributed by atoms with Gasteiger partial charge in [0.25, 0.3) is 0 Å². The molecule has 0 heterocycles. The number of rotatable bonds is 23. The Labute approximate surface area is 490 Å². The van der Waals surface area contributed by atoms with Gasteiger partial charge in [-0.05, 0) is 191 Å². The molecule has 0 amide bonds. The van der Waals surface area contributed by atoms with Crippen molar-refractivity contribution < 1.29 is 81.0 Å². The summed E-state index contributed by atoms with van der Waals surface area (Å²) in [6.07, 6.45) is 20.0. The third-order valence-electron chi connectivity index (χ3n) is 18.4. The zero-order chi connectivity index (χ0) is 55.1. The van der Waals surface area contributed by atoms with Gasteiger partial charge < -0.3 is 42.6 Å². The van der Waals surface area contributed by atoms with E-state index in [0.717, 1.165) is 114 Å². The largest absolute Gasteiger partial charge is 0.463 e. The van der Waals surface area contributed by atoms with Gasteiger partial charge in [-0.1, -0.05) is 92.5 Å². The molecule has 9 aliphatic rings. The lowest BCUT2D eigenvalue weighted by molar-refractivity contribution is -0.207. The first-order valence-corrected chi connectivity index (χ1v) is 28.5. The van der Waals surface area contributed by atoms with Crippen LogP contribution in [0.1, 0.15) is 236 Å². The van der Waals surface area contributed by atoms with E-state index in [0.29, 0.717) is 36.5 Å². The Bertz CT molecular complexity index is 1900. The van der Waals surface area contributed by atoms with Gasteiger partial charge in [0.15, 0.2) is 26.4 Å². The van der Waals surface area contributed by atoms with Gasteiger partial charge in [-0.2, -0.15) is 0 Å². The highest BCUT2D eigenvalue weighted by Gasteiger charge is 2.58. The Morgan fingerprint density at radius 2 is 0.802 bits per heavy atom. The Balaban J connectivity index is 0. The summed E-state index contributed by atoms with van der Waals surface area (Å²) in [7, 11) is 0. The lowest BCUT2D eigenvalue weighted by atomic mass is 9.50. The lowest BCUT2D eigenvalue weighted by Crippen LogP contribution is -2.58. The highest BCUT2D eigenvalue weighted by atomic mass is 16.6. The summed E-state index contributed by atoms with van der Waals surface area (Å²) in [5.74, 6) is 0.585. The molecule has 17 heteroatoms. The van der Waals surface area contributed by atoms with Crippen molar-refractivity contribution in [1.82, 2.24) is 0 Å².